The molecule has 0 fully saturated rings. The number of rotatable bonds is 4. The molecule has 0 spiro atoms. The minimum absolute atomic E-state index is 0.162. The van der Waals surface area contributed by atoms with Crippen molar-refractivity contribution in [3.63, 3.8) is 0 Å². The van der Waals surface area contributed by atoms with Gasteiger partial charge in [0.1, 0.15) is 0 Å². The highest BCUT2D eigenvalue weighted by molar-refractivity contribution is 7.11. The normalized spacial score (nSPS) is 13.4. The monoisotopic (exact) mass is 300 g/mol. The van der Waals surface area contributed by atoms with Crippen LogP contribution < -0.4 is 5.32 Å². The van der Waals surface area contributed by atoms with Crippen molar-refractivity contribution in [3.8, 4) is 0 Å². The third kappa shape index (κ3) is 3.58. The summed E-state index contributed by atoms with van der Waals surface area (Å²) in [7, 11) is 1.74. The van der Waals surface area contributed by atoms with Gasteiger partial charge >= 0.3 is 6.18 Å². The van der Waals surface area contributed by atoms with Gasteiger partial charge in [0.05, 0.1) is 0 Å². The fraction of sp³-hybridized carbons (Fsp3) is 0.357. The molecule has 2 nitrogen and oxygen atoms in total. The van der Waals surface area contributed by atoms with Crippen molar-refractivity contribution in [2.45, 2.75) is 25.6 Å². The minimum atomic E-state index is -4.37. The largest absolute Gasteiger partial charge is 0.443 e. The second-order valence-electron chi connectivity index (χ2n) is 4.60. The number of thiazole rings is 1. The van der Waals surface area contributed by atoms with Gasteiger partial charge < -0.3 is 5.32 Å². The summed E-state index contributed by atoms with van der Waals surface area (Å²) in [6.45, 7) is 1.99. The summed E-state index contributed by atoms with van der Waals surface area (Å²) in [5, 5.41) is 2.26. The predicted octanol–water partition coefficient (Wildman–Crippen LogP) is 3.97. The van der Waals surface area contributed by atoms with Crippen molar-refractivity contribution in [1.82, 2.24) is 10.3 Å². The zero-order valence-electron chi connectivity index (χ0n) is 11.2. The summed E-state index contributed by atoms with van der Waals surface area (Å²) in [4.78, 5) is 4.07. The molecule has 0 aliphatic carbocycles. The molecule has 1 aromatic heterocycles. The van der Waals surface area contributed by atoms with E-state index in [0.29, 0.717) is 22.6 Å². The van der Waals surface area contributed by atoms with E-state index in [1.165, 1.54) is 6.20 Å². The molecule has 0 bridgehead atoms. The molecule has 108 valence electrons. The predicted molar refractivity (Wildman–Crippen MR) is 73.8 cm³/mol. The van der Waals surface area contributed by atoms with Crippen LogP contribution in [0.25, 0.3) is 0 Å². The molecule has 0 amide bonds. The quantitative estimate of drug-likeness (QED) is 0.924. The number of nitrogens with one attached hydrogen (secondary N) is 1. The molecule has 6 heteroatoms. The molecule has 2 rings (SSSR count). The first-order chi connectivity index (χ1) is 9.40. The molecule has 0 aliphatic rings. The molecule has 20 heavy (non-hydrogen) atoms. The Labute approximate surface area is 119 Å². The third-order valence-corrected chi connectivity index (χ3v) is 4.14. The summed E-state index contributed by atoms with van der Waals surface area (Å²) in [6, 6.07) is 7.79. The van der Waals surface area contributed by atoms with Crippen LogP contribution in [0.2, 0.25) is 0 Å². The Balaban J connectivity index is 2.18. The van der Waals surface area contributed by atoms with Crippen LogP contribution in [0.4, 0.5) is 13.2 Å². The maximum absolute atomic E-state index is 12.6. The minimum Gasteiger partial charge on any atom is -0.312 e. The SMILES string of the molecule is CNC(Cc1cccc(C)c1)c1cnc(C(F)(F)F)s1. The van der Waals surface area contributed by atoms with E-state index < -0.39 is 11.2 Å². The maximum Gasteiger partial charge on any atom is 0.443 e. The van der Waals surface area contributed by atoms with Gasteiger partial charge in [-0.3, -0.25) is 0 Å². The Bertz CT molecular complexity index is 578. The van der Waals surface area contributed by atoms with Crippen LogP contribution in [0.3, 0.4) is 0 Å². The number of aryl methyl sites for hydroxylation is 1. The summed E-state index contributed by atoms with van der Waals surface area (Å²) in [5.74, 6) is 0. The van der Waals surface area contributed by atoms with Crippen LogP contribution in [-0.2, 0) is 12.6 Å². The van der Waals surface area contributed by atoms with Crippen LogP contribution >= 0.6 is 11.3 Å². The molecule has 0 saturated carbocycles. The molecule has 0 radical (unpaired) electrons. The third-order valence-electron chi connectivity index (χ3n) is 2.98. The van der Waals surface area contributed by atoms with Crippen LogP contribution in [0.1, 0.15) is 27.1 Å². The number of alkyl halides is 3. The summed E-state index contributed by atoms with van der Waals surface area (Å²) in [5.41, 5.74) is 2.23. The van der Waals surface area contributed by atoms with E-state index in [9.17, 15) is 13.2 Å². The Morgan fingerprint density at radius 3 is 2.65 bits per heavy atom. The fourth-order valence-corrected chi connectivity index (χ4v) is 2.89. The number of hydrogen-bond donors (Lipinski definition) is 1. The van der Waals surface area contributed by atoms with Gasteiger partial charge in [0, 0.05) is 17.1 Å². The second kappa shape index (κ2) is 5.93. The van der Waals surface area contributed by atoms with Crippen LogP contribution in [0.5, 0.6) is 0 Å². The summed E-state index contributed by atoms with van der Waals surface area (Å²) < 4.78 is 37.7. The molecular weight excluding hydrogens is 285 g/mol. The average Bonchev–Trinajstić information content (AvgIpc) is 2.85. The Kier molecular flexibility index (Phi) is 4.45. The first kappa shape index (κ1) is 15.0. The zero-order chi connectivity index (χ0) is 14.8. The van der Waals surface area contributed by atoms with Crippen molar-refractivity contribution in [2.24, 2.45) is 0 Å². The highest BCUT2D eigenvalue weighted by atomic mass is 32.1. The Morgan fingerprint density at radius 1 is 1.35 bits per heavy atom. The van der Waals surface area contributed by atoms with Gasteiger partial charge in [0.2, 0.25) is 0 Å². The second-order valence-corrected chi connectivity index (χ2v) is 5.66. The summed E-state index contributed by atoms with van der Waals surface area (Å²) in [6.07, 6.45) is -2.42. The van der Waals surface area contributed by atoms with Crippen molar-refractivity contribution in [2.75, 3.05) is 7.05 Å². The van der Waals surface area contributed by atoms with Crippen molar-refractivity contribution in [1.29, 1.82) is 0 Å². The standard InChI is InChI=1S/C14H15F3N2S/c1-9-4-3-5-10(6-9)7-11(18-2)12-8-19-13(20-12)14(15,16)17/h3-6,8,11,18H,7H2,1-2H3. The van der Waals surface area contributed by atoms with E-state index in [2.05, 4.69) is 10.3 Å². The molecule has 1 heterocycles. The highest BCUT2D eigenvalue weighted by Gasteiger charge is 2.35. The van der Waals surface area contributed by atoms with Crippen molar-refractivity contribution >= 4 is 11.3 Å². The van der Waals surface area contributed by atoms with E-state index in [-0.39, 0.29) is 6.04 Å². The van der Waals surface area contributed by atoms with E-state index in [4.69, 9.17) is 0 Å². The topological polar surface area (TPSA) is 24.9 Å². The number of likely N-dealkylation sites (N-methyl/N-ethyl adjacent to an activating group) is 1. The van der Waals surface area contributed by atoms with Crippen molar-refractivity contribution < 1.29 is 13.2 Å². The Morgan fingerprint density at radius 2 is 2.10 bits per heavy atom. The van der Waals surface area contributed by atoms with E-state index in [1.54, 1.807) is 7.05 Å². The van der Waals surface area contributed by atoms with Gasteiger partial charge in [-0.2, -0.15) is 13.2 Å². The Hall–Kier alpha value is -1.40. The van der Waals surface area contributed by atoms with Crippen LogP contribution in [0.15, 0.2) is 30.5 Å². The molecule has 1 unspecified atom stereocenters. The lowest BCUT2D eigenvalue weighted by molar-refractivity contribution is -0.137. The number of hydrogen-bond acceptors (Lipinski definition) is 3. The van der Waals surface area contributed by atoms with Gasteiger partial charge in [-0.1, -0.05) is 29.8 Å². The van der Waals surface area contributed by atoms with Gasteiger partial charge in [-0.25, -0.2) is 4.98 Å². The molecular formula is C14H15F3N2S. The molecule has 1 aromatic carbocycles. The first-order valence-corrected chi connectivity index (χ1v) is 6.97. The molecule has 1 N–H and O–H groups in total. The van der Waals surface area contributed by atoms with E-state index >= 15 is 0 Å². The van der Waals surface area contributed by atoms with Gasteiger partial charge in [0.25, 0.3) is 0 Å². The van der Waals surface area contributed by atoms with Crippen LogP contribution in [-0.4, -0.2) is 12.0 Å². The van der Waals surface area contributed by atoms with Crippen LogP contribution in [0, 0.1) is 6.92 Å². The van der Waals surface area contributed by atoms with E-state index in [1.807, 2.05) is 31.2 Å². The first-order valence-electron chi connectivity index (χ1n) is 6.16. The van der Waals surface area contributed by atoms with E-state index in [0.717, 1.165) is 11.1 Å². The lowest BCUT2D eigenvalue weighted by Gasteiger charge is -2.14. The van der Waals surface area contributed by atoms with Gasteiger partial charge in [-0.15, -0.1) is 11.3 Å². The lowest BCUT2D eigenvalue weighted by Crippen LogP contribution is -2.17. The molecule has 0 saturated heterocycles. The number of benzene rings is 1. The molecule has 0 aliphatic heterocycles. The number of nitrogens with zero attached hydrogens (tertiary/aromatic N) is 1. The number of aromatic nitrogens is 1. The lowest BCUT2D eigenvalue weighted by atomic mass is 10.0. The van der Waals surface area contributed by atoms with Gasteiger partial charge in [-0.05, 0) is 26.0 Å². The number of halogens is 3. The fourth-order valence-electron chi connectivity index (χ4n) is 2.00. The van der Waals surface area contributed by atoms with Crippen molar-refractivity contribution in [3.05, 3.63) is 51.5 Å². The maximum atomic E-state index is 12.6. The zero-order valence-corrected chi connectivity index (χ0v) is 12.0. The molecule has 2 aromatic rings. The van der Waals surface area contributed by atoms with Gasteiger partial charge in [0.15, 0.2) is 5.01 Å². The summed E-state index contributed by atoms with van der Waals surface area (Å²) >= 11 is 0.697. The smallest absolute Gasteiger partial charge is 0.312 e. The molecule has 1 atom stereocenters. The average molecular weight is 300 g/mol. The highest BCUT2D eigenvalue weighted by Crippen LogP contribution is 2.35.